The highest BCUT2D eigenvalue weighted by atomic mass is 16.5. The SMILES string of the molecule is CC1=NN(c2cccc(C(=O)OC(C)C)c2)C(=O)C1C(=O)O. The summed E-state index contributed by atoms with van der Waals surface area (Å²) in [5.41, 5.74) is 0.796. The lowest BCUT2D eigenvalue weighted by molar-refractivity contribution is -0.142. The van der Waals surface area contributed by atoms with E-state index < -0.39 is 23.8 Å². The predicted octanol–water partition coefficient (Wildman–Crippen LogP) is 1.68. The topological polar surface area (TPSA) is 96.3 Å². The summed E-state index contributed by atoms with van der Waals surface area (Å²) >= 11 is 0. The summed E-state index contributed by atoms with van der Waals surface area (Å²) in [6, 6.07) is 6.16. The molecule has 116 valence electrons. The molecule has 0 saturated heterocycles. The van der Waals surface area contributed by atoms with Gasteiger partial charge in [-0.15, -0.1) is 0 Å². The standard InChI is InChI=1S/C15H16N2O5/c1-8(2)22-15(21)10-5-4-6-11(7-10)17-13(18)12(14(19)20)9(3)16-17/h4-8,12H,1-3H3,(H,19,20). The van der Waals surface area contributed by atoms with Gasteiger partial charge in [-0.3, -0.25) is 9.59 Å². The minimum atomic E-state index is -1.29. The van der Waals surface area contributed by atoms with E-state index in [1.165, 1.54) is 13.0 Å². The molecule has 0 spiro atoms. The van der Waals surface area contributed by atoms with E-state index >= 15 is 0 Å². The molecule has 22 heavy (non-hydrogen) atoms. The zero-order valence-corrected chi connectivity index (χ0v) is 12.4. The molecule has 1 aromatic carbocycles. The normalized spacial score (nSPS) is 17.6. The zero-order chi connectivity index (χ0) is 16.4. The number of ether oxygens (including phenoxy) is 1. The second kappa shape index (κ2) is 5.97. The van der Waals surface area contributed by atoms with Gasteiger partial charge < -0.3 is 9.84 Å². The molecule has 1 heterocycles. The highest BCUT2D eigenvalue weighted by Gasteiger charge is 2.39. The maximum Gasteiger partial charge on any atom is 0.338 e. The van der Waals surface area contributed by atoms with E-state index in [4.69, 9.17) is 9.84 Å². The zero-order valence-electron chi connectivity index (χ0n) is 12.4. The van der Waals surface area contributed by atoms with Gasteiger partial charge in [0.25, 0.3) is 5.91 Å². The number of benzene rings is 1. The lowest BCUT2D eigenvalue weighted by atomic mass is 10.1. The van der Waals surface area contributed by atoms with Gasteiger partial charge in [-0.25, -0.2) is 4.79 Å². The first-order valence-electron chi connectivity index (χ1n) is 6.74. The van der Waals surface area contributed by atoms with Gasteiger partial charge in [-0.05, 0) is 39.0 Å². The maximum absolute atomic E-state index is 12.1. The number of carbonyl (C=O) groups is 3. The monoisotopic (exact) mass is 304 g/mol. The van der Waals surface area contributed by atoms with Crippen molar-refractivity contribution in [1.82, 2.24) is 0 Å². The molecule has 0 aliphatic carbocycles. The number of hydrazone groups is 1. The third-order valence-electron chi connectivity index (χ3n) is 3.05. The van der Waals surface area contributed by atoms with Gasteiger partial charge in [0, 0.05) is 0 Å². The lowest BCUT2D eigenvalue weighted by Crippen LogP contribution is -2.32. The van der Waals surface area contributed by atoms with Gasteiger partial charge in [0.1, 0.15) is 0 Å². The summed E-state index contributed by atoms with van der Waals surface area (Å²) < 4.78 is 5.09. The predicted molar refractivity (Wildman–Crippen MR) is 78.7 cm³/mol. The number of hydrogen-bond donors (Lipinski definition) is 1. The molecule has 1 aliphatic rings. The van der Waals surface area contributed by atoms with Gasteiger partial charge in [0.15, 0.2) is 5.92 Å². The molecule has 7 nitrogen and oxygen atoms in total. The number of nitrogens with zero attached hydrogens (tertiary/aromatic N) is 2. The van der Waals surface area contributed by atoms with Gasteiger partial charge in [-0.2, -0.15) is 10.1 Å². The fraction of sp³-hybridized carbons (Fsp3) is 0.333. The Hall–Kier alpha value is -2.70. The number of amides is 1. The molecule has 1 unspecified atom stereocenters. The number of aliphatic carboxylic acids is 1. The minimum Gasteiger partial charge on any atom is -0.480 e. The Balaban J connectivity index is 2.30. The van der Waals surface area contributed by atoms with Crippen LogP contribution in [0.15, 0.2) is 29.4 Å². The van der Waals surface area contributed by atoms with Crippen LogP contribution in [0.2, 0.25) is 0 Å². The molecule has 1 aliphatic heterocycles. The van der Waals surface area contributed by atoms with E-state index in [2.05, 4.69) is 5.10 Å². The number of carboxylic acids is 1. The molecule has 0 saturated carbocycles. The van der Waals surface area contributed by atoms with E-state index in [0.29, 0.717) is 5.69 Å². The van der Waals surface area contributed by atoms with Crippen LogP contribution in [0.4, 0.5) is 5.69 Å². The third kappa shape index (κ3) is 2.98. The Kier molecular flexibility index (Phi) is 4.25. The number of carbonyl (C=O) groups excluding carboxylic acids is 2. The van der Waals surface area contributed by atoms with Crippen LogP contribution in [0.3, 0.4) is 0 Å². The van der Waals surface area contributed by atoms with Gasteiger partial charge in [0.2, 0.25) is 0 Å². The van der Waals surface area contributed by atoms with Crippen LogP contribution >= 0.6 is 0 Å². The smallest absolute Gasteiger partial charge is 0.338 e. The number of carboxylic acid groups (broad SMARTS) is 1. The quantitative estimate of drug-likeness (QED) is 0.674. The van der Waals surface area contributed by atoms with Crippen LogP contribution in [0.5, 0.6) is 0 Å². The first kappa shape index (κ1) is 15.7. The van der Waals surface area contributed by atoms with Crippen molar-refractivity contribution >= 4 is 29.2 Å². The largest absolute Gasteiger partial charge is 0.480 e. The van der Waals surface area contributed by atoms with Crippen molar-refractivity contribution in [2.24, 2.45) is 11.0 Å². The molecule has 1 N–H and O–H groups in total. The molecule has 2 rings (SSSR count). The van der Waals surface area contributed by atoms with Crippen LogP contribution in [0.1, 0.15) is 31.1 Å². The summed E-state index contributed by atoms with van der Waals surface area (Å²) in [6.45, 7) is 4.95. The molecule has 7 heteroatoms. The van der Waals surface area contributed by atoms with Crippen molar-refractivity contribution in [1.29, 1.82) is 0 Å². The average Bonchev–Trinajstić information content (AvgIpc) is 2.73. The fourth-order valence-corrected chi connectivity index (χ4v) is 2.08. The van der Waals surface area contributed by atoms with Crippen LogP contribution in [-0.4, -0.2) is 34.8 Å². The second-order valence-corrected chi connectivity index (χ2v) is 5.17. The maximum atomic E-state index is 12.1. The summed E-state index contributed by atoms with van der Waals surface area (Å²) in [5, 5.41) is 14.0. The summed E-state index contributed by atoms with van der Waals surface area (Å²) in [4.78, 5) is 35.1. The molecule has 1 amide bonds. The van der Waals surface area contributed by atoms with E-state index in [0.717, 1.165) is 5.01 Å². The third-order valence-corrected chi connectivity index (χ3v) is 3.05. The van der Waals surface area contributed by atoms with Gasteiger partial charge in [-0.1, -0.05) is 6.07 Å². The van der Waals surface area contributed by atoms with Crippen LogP contribution in [-0.2, 0) is 14.3 Å². The van der Waals surface area contributed by atoms with E-state index in [-0.39, 0.29) is 17.4 Å². The van der Waals surface area contributed by atoms with E-state index in [1.54, 1.807) is 32.0 Å². The van der Waals surface area contributed by atoms with Crippen LogP contribution in [0.25, 0.3) is 0 Å². The van der Waals surface area contributed by atoms with Crippen molar-refractivity contribution < 1.29 is 24.2 Å². The van der Waals surface area contributed by atoms with Crippen LogP contribution in [0, 0.1) is 5.92 Å². The van der Waals surface area contributed by atoms with Gasteiger partial charge in [0.05, 0.1) is 23.1 Å². The van der Waals surface area contributed by atoms with Crippen LogP contribution < -0.4 is 5.01 Å². The molecular formula is C15H16N2O5. The van der Waals surface area contributed by atoms with Crippen molar-refractivity contribution in [3.63, 3.8) is 0 Å². The van der Waals surface area contributed by atoms with Crippen molar-refractivity contribution in [2.45, 2.75) is 26.9 Å². The molecule has 0 aromatic heterocycles. The number of hydrogen-bond acceptors (Lipinski definition) is 5. The number of rotatable bonds is 4. The van der Waals surface area contributed by atoms with Crippen molar-refractivity contribution in [3.05, 3.63) is 29.8 Å². The number of anilines is 1. The molecular weight excluding hydrogens is 288 g/mol. The highest BCUT2D eigenvalue weighted by Crippen LogP contribution is 2.25. The molecule has 1 atom stereocenters. The molecule has 0 radical (unpaired) electrons. The number of esters is 1. The molecule has 0 bridgehead atoms. The summed E-state index contributed by atoms with van der Waals surface area (Å²) in [5.74, 6) is -3.70. The van der Waals surface area contributed by atoms with Crippen molar-refractivity contribution in [2.75, 3.05) is 5.01 Å². The minimum absolute atomic E-state index is 0.202. The Bertz CT molecular complexity index is 666. The fourth-order valence-electron chi connectivity index (χ4n) is 2.08. The molecule has 0 fully saturated rings. The Morgan fingerprint density at radius 1 is 1.36 bits per heavy atom. The summed E-state index contributed by atoms with van der Waals surface area (Å²) in [7, 11) is 0. The van der Waals surface area contributed by atoms with E-state index in [9.17, 15) is 14.4 Å². The average molecular weight is 304 g/mol. The highest BCUT2D eigenvalue weighted by molar-refractivity contribution is 6.25. The Labute approximate surface area is 127 Å². The molecule has 1 aromatic rings. The Morgan fingerprint density at radius 3 is 2.59 bits per heavy atom. The van der Waals surface area contributed by atoms with Crippen molar-refractivity contribution in [3.8, 4) is 0 Å². The Morgan fingerprint density at radius 2 is 2.05 bits per heavy atom. The second-order valence-electron chi connectivity index (χ2n) is 5.17. The lowest BCUT2D eigenvalue weighted by Gasteiger charge is -2.14. The summed E-state index contributed by atoms with van der Waals surface area (Å²) in [6.07, 6.45) is -0.263. The van der Waals surface area contributed by atoms with Gasteiger partial charge >= 0.3 is 11.9 Å². The first-order valence-corrected chi connectivity index (χ1v) is 6.74. The first-order chi connectivity index (χ1) is 10.3. The van der Waals surface area contributed by atoms with E-state index in [1.807, 2.05) is 0 Å².